The van der Waals surface area contributed by atoms with Crippen LogP contribution in [0.5, 0.6) is 0 Å². The second kappa shape index (κ2) is 5.58. The molecule has 0 saturated heterocycles. The van der Waals surface area contributed by atoms with Crippen molar-refractivity contribution in [3.8, 4) is 0 Å². The lowest BCUT2D eigenvalue weighted by atomic mass is 10.0. The van der Waals surface area contributed by atoms with E-state index in [0.717, 1.165) is 6.26 Å². The Bertz CT molecular complexity index is 562. The Kier molecular flexibility index (Phi) is 4.54. The molecule has 19 heavy (non-hydrogen) atoms. The lowest BCUT2D eigenvalue weighted by Crippen LogP contribution is -2.36. The van der Waals surface area contributed by atoms with Crippen molar-refractivity contribution in [3.63, 3.8) is 0 Å². The first-order valence-electron chi connectivity index (χ1n) is 5.72. The first kappa shape index (κ1) is 15.5. The fourth-order valence-corrected chi connectivity index (χ4v) is 2.05. The van der Waals surface area contributed by atoms with Crippen molar-refractivity contribution in [1.82, 2.24) is 0 Å². The van der Waals surface area contributed by atoms with Crippen molar-refractivity contribution < 1.29 is 13.2 Å². The number of rotatable bonds is 5. The Balaban J connectivity index is 2.75. The van der Waals surface area contributed by atoms with E-state index in [4.69, 9.17) is 5.73 Å². The van der Waals surface area contributed by atoms with Crippen LogP contribution in [-0.2, 0) is 14.8 Å². The quantitative estimate of drug-likeness (QED) is 0.754. The topological polar surface area (TPSA) is 101 Å². The predicted molar refractivity (Wildman–Crippen MR) is 76.4 cm³/mol. The SMILES string of the molecule is CC(C)(N)CC(=O)Nc1cccc(NS(C)(=O)=O)c1. The number of benzene rings is 1. The lowest BCUT2D eigenvalue weighted by Gasteiger charge is -2.17. The molecule has 0 spiro atoms. The maximum atomic E-state index is 11.7. The summed E-state index contributed by atoms with van der Waals surface area (Å²) in [5, 5.41) is 2.67. The molecule has 0 fully saturated rings. The fraction of sp³-hybridized carbons (Fsp3) is 0.417. The van der Waals surface area contributed by atoms with E-state index in [1.165, 1.54) is 0 Å². The van der Waals surface area contributed by atoms with Gasteiger partial charge in [-0.1, -0.05) is 6.07 Å². The third-order valence-corrected chi connectivity index (χ3v) is 2.67. The van der Waals surface area contributed by atoms with E-state index in [-0.39, 0.29) is 12.3 Å². The number of amides is 1. The number of nitrogens with one attached hydrogen (secondary N) is 2. The molecular formula is C12H19N3O3S. The zero-order valence-electron chi connectivity index (χ0n) is 11.2. The smallest absolute Gasteiger partial charge is 0.229 e. The third kappa shape index (κ3) is 6.78. The summed E-state index contributed by atoms with van der Waals surface area (Å²) in [7, 11) is -3.33. The van der Waals surface area contributed by atoms with E-state index in [1.54, 1.807) is 38.1 Å². The van der Waals surface area contributed by atoms with Crippen LogP contribution in [0.25, 0.3) is 0 Å². The minimum atomic E-state index is -3.33. The molecule has 0 aliphatic carbocycles. The Morgan fingerprint density at radius 1 is 1.32 bits per heavy atom. The van der Waals surface area contributed by atoms with Crippen LogP contribution in [0.15, 0.2) is 24.3 Å². The molecule has 0 atom stereocenters. The van der Waals surface area contributed by atoms with Gasteiger partial charge in [-0.25, -0.2) is 8.42 Å². The number of nitrogens with two attached hydrogens (primary N) is 1. The first-order chi connectivity index (χ1) is 8.55. The molecule has 0 bridgehead atoms. The highest BCUT2D eigenvalue weighted by Crippen LogP contribution is 2.17. The second-order valence-electron chi connectivity index (χ2n) is 5.17. The molecule has 4 N–H and O–H groups in total. The van der Waals surface area contributed by atoms with Crippen LogP contribution >= 0.6 is 0 Å². The van der Waals surface area contributed by atoms with Gasteiger partial charge >= 0.3 is 0 Å². The van der Waals surface area contributed by atoms with Crippen LogP contribution in [0.1, 0.15) is 20.3 Å². The minimum Gasteiger partial charge on any atom is -0.326 e. The molecule has 0 radical (unpaired) electrons. The Labute approximate surface area is 113 Å². The van der Waals surface area contributed by atoms with Gasteiger partial charge < -0.3 is 11.1 Å². The Hall–Kier alpha value is -1.60. The Morgan fingerprint density at radius 3 is 2.42 bits per heavy atom. The van der Waals surface area contributed by atoms with Crippen LogP contribution in [0.2, 0.25) is 0 Å². The van der Waals surface area contributed by atoms with E-state index < -0.39 is 15.6 Å². The van der Waals surface area contributed by atoms with Gasteiger partial charge in [-0.3, -0.25) is 9.52 Å². The largest absolute Gasteiger partial charge is 0.326 e. The number of hydrogen-bond acceptors (Lipinski definition) is 4. The van der Waals surface area contributed by atoms with Crippen LogP contribution in [0, 0.1) is 0 Å². The van der Waals surface area contributed by atoms with E-state index >= 15 is 0 Å². The highest BCUT2D eigenvalue weighted by atomic mass is 32.2. The summed E-state index contributed by atoms with van der Waals surface area (Å²) in [4.78, 5) is 11.7. The predicted octanol–water partition coefficient (Wildman–Crippen LogP) is 1.12. The van der Waals surface area contributed by atoms with E-state index in [9.17, 15) is 13.2 Å². The highest BCUT2D eigenvalue weighted by molar-refractivity contribution is 7.92. The van der Waals surface area contributed by atoms with Gasteiger partial charge in [0.05, 0.1) is 11.9 Å². The number of hydrogen-bond donors (Lipinski definition) is 3. The maximum absolute atomic E-state index is 11.7. The normalized spacial score (nSPS) is 12.0. The van der Waals surface area contributed by atoms with Crippen LogP contribution < -0.4 is 15.8 Å². The molecule has 0 saturated carbocycles. The second-order valence-corrected chi connectivity index (χ2v) is 6.92. The number of anilines is 2. The highest BCUT2D eigenvalue weighted by Gasteiger charge is 2.16. The van der Waals surface area contributed by atoms with Gasteiger partial charge in [-0.05, 0) is 32.0 Å². The molecular weight excluding hydrogens is 266 g/mol. The molecule has 6 nitrogen and oxygen atoms in total. The number of sulfonamides is 1. The molecule has 106 valence electrons. The van der Waals surface area contributed by atoms with Crippen molar-refractivity contribution in [3.05, 3.63) is 24.3 Å². The maximum Gasteiger partial charge on any atom is 0.229 e. The zero-order chi connectivity index (χ0) is 14.7. The van der Waals surface area contributed by atoms with E-state index in [1.807, 2.05) is 0 Å². The number of carbonyl (C=O) groups excluding carboxylic acids is 1. The number of carbonyl (C=O) groups is 1. The average molecular weight is 285 g/mol. The van der Waals surface area contributed by atoms with Gasteiger partial charge in [-0.2, -0.15) is 0 Å². The monoisotopic (exact) mass is 285 g/mol. The van der Waals surface area contributed by atoms with Gasteiger partial charge in [-0.15, -0.1) is 0 Å². The Morgan fingerprint density at radius 2 is 1.89 bits per heavy atom. The van der Waals surface area contributed by atoms with Crippen LogP contribution in [0.4, 0.5) is 11.4 Å². The van der Waals surface area contributed by atoms with Gasteiger partial charge in [0.2, 0.25) is 15.9 Å². The van der Waals surface area contributed by atoms with E-state index in [2.05, 4.69) is 10.0 Å². The summed E-state index contributed by atoms with van der Waals surface area (Å²) in [5.41, 5.74) is 6.07. The first-order valence-corrected chi connectivity index (χ1v) is 7.61. The minimum absolute atomic E-state index is 0.177. The molecule has 0 unspecified atom stereocenters. The van der Waals surface area contributed by atoms with Crippen molar-refractivity contribution in [2.75, 3.05) is 16.3 Å². The molecule has 1 aromatic rings. The molecule has 0 aromatic heterocycles. The van der Waals surface area contributed by atoms with Gasteiger partial charge in [0, 0.05) is 17.6 Å². The van der Waals surface area contributed by atoms with Gasteiger partial charge in [0.25, 0.3) is 0 Å². The standard InChI is InChI=1S/C12H19N3O3S/c1-12(2,13)8-11(16)14-9-5-4-6-10(7-9)15-19(3,17)18/h4-7,15H,8,13H2,1-3H3,(H,14,16). The molecule has 1 amide bonds. The van der Waals surface area contributed by atoms with Crippen molar-refractivity contribution in [2.24, 2.45) is 5.73 Å². The third-order valence-electron chi connectivity index (χ3n) is 2.07. The summed E-state index contributed by atoms with van der Waals surface area (Å²) in [6, 6.07) is 6.47. The lowest BCUT2D eigenvalue weighted by molar-refractivity contribution is -0.117. The fourth-order valence-electron chi connectivity index (χ4n) is 1.49. The van der Waals surface area contributed by atoms with Crippen molar-refractivity contribution in [2.45, 2.75) is 25.8 Å². The molecule has 0 heterocycles. The molecule has 1 aromatic carbocycles. The van der Waals surface area contributed by atoms with Crippen LogP contribution in [-0.4, -0.2) is 26.1 Å². The average Bonchev–Trinajstić information content (AvgIpc) is 2.11. The summed E-state index contributed by atoms with van der Waals surface area (Å²) in [6.45, 7) is 3.52. The molecule has 1 rings (SSSR count). The summed E-state index contributed by atoms with van der Waals surface area (Å²) < 4.78 is 24.6. The van der Waals surface area contributed by atoms with E-state index in [0.29, 0.717) is 11.4 Å². The summed E-state index contributed by atoms with van der Waals surface area (Å²) in [6.07, 6.45) is 1.24. The molecule has 7 heteroatoms. The van der Waals surface area contributed by atoms with Gasteiger partial charge in [0.15, 0.2) is 0 Å². The van der Waals surface area contributed by atoms with Gasteiger partial charge in [0.1, 0.15) is 0 Å². The van der Waals surface area contributed by atoms with Crippen molar-refractivity contribution in [1.29, 1.82) is 0 Å². The molecule has 0 aliphatic heterocycles. The molecule has 0 aliphatic rings. The summed E-state index contributed by atoms with van der Waals surface area (Å²) >= 11 is 0. The van der Waals surface area contributed by atoms with Crippen molar-refractivity contribution >= 4 is 27.3 Å². The zero-order valence-corrected chi connectivity index (χ0v) is 12.0. The summed E-state index contributed by atoms with van der Waals surface area (Å²) in [5.74, 6) is -0.219. The van der Waals surface area contributed by atoms with Crippen LogP contribution in [0.3, 0.4) is 0 Å².